The standard InChI is InChI=1S/C30H22Cl2N2O3/c31-27-7-3-1-5-21(27)9-19-29(35)33-23-11-15-25(16-12-23)37-26-17-13-24(14-18-26)34-30(36)20-10-22-6-2-4-8-28(22)32/h1-20H,(H,33,35)(H,34,36). The van der Waals surface area contributed by atoms with E-state index in [1.807, 2.05) is 36.4 Å². The molecule has 2 amide bonds. The summed E-state index contributed by atoms with van der Waals surface area (Å²) < 4.78 is 5.85. The molecule has 0 bridgehead atoms. The minimum absolute atomic E-state index is 0.270. The zero-order valence-corrected chi connectivity index (χ0v) is 21.0. The zero-order valence-electron chi connectivity index (χ0n) is 19.5. The summed E-state index contributed by atoms with van der Waals surface area (Å²) in [7, 11) is 0. The van der Waals surface area contributed by atoms with Gasteiger partial charge in [-0.25, -0.2) is 0 Å². The topological polar surface area (TPSA) is 67.4 Å². The first-order valence-electron chi connectivity index (χ1n) is 11.3. The fourth-order valence-corrected chi connectivity index (χ4v) is 3.67. The molecule has 184 valence electrons. The van der Waals surface area contributed by atoms with Crippen molar-refractivity contribution in [1.29, 1.82) is 0 Å². The molecule has 0 saturated heterocycles. The molecule has 4 aromatic carbocycles. The minimum atomic E-state index is -0.270. The molecule has 2 N–H and O–H groups in total. The maximum Gasteiger partial charge on any atom is 0.248 e. The molecular weight excluding hydrogens is 507 g/mol. The van der Waals surface area contributed by atoms with Crippen LogP contribution in [0.3, 0.4) is 0 Å². The Balaban J connectivity index is 1.28. The van der Waals surface area contributed by atoms with Crippen LogP contribution in [0.2, 0.25) is 10.0 Å². The summed E-state index contributed by atoms with van der Waals surface area (Å²) in [5, 5.41) is 6.74. The van der Waals surface area contributed by atoms with Crippen LogP contribution in [0.15, 0.2) is 109 Å². The third-order valence-corrected chi connectivity index (χ3v) is 5.81. The van der Waals surface area contributed by atoms with E-state index in [1.54, 1.807) is 72.8 Å². The molecule has 5 nitrogen and oxygen atoms in total. The third-order valence-electron chi connectivity index (χ3n) is 5.12. The number of nitrogens with one attached hydrogen (secondary N) is 2. The first-order valence-corrected chi connectivity index (χ1v) is 12.1. The molecule has 0 fully saturated rings. The second-order valence-corrected chi connectivity index (χ2v) is 8.65. The van der Waals surface area contributed by atoms with E-state index in [9.17, 15) is 9.59 Å². The number of hydrogen-bond acceptors (Lipinski definition) is 3. The molecule has 0 saturated carbocycles. The van der Waals surface area contributed by atoms with E-state index in [1.165, 1.54) is 12.2 Å². The lowest BCUT2D eigenvalue weighted by Gasteiger charge is -2.08. The fraction of sp³-hybridized carbons (Fsp3) is 0. The Morgan fingerprint density at radius 1 is 0.568 bits per heavy atom. The van der Waals surface area contributed by atoms with Crippen molar-refractivity contribution in [2.45, 2.75) is 0 Å². The summed E-state index contributed by atoms with van der Waals surface area (Å²) >= 11 is 12.2. The normalized spacial score (nSPS) is 11.0. The van der Waals surface area contributed by atoms with Gasteiger partial charge in [0, 0.05) is 33.6 Å². The number of carbonyl (C=O) groups is 2. The van der Waals surface area contributed by atoms with Crippen LogP contribution in [0, 0.1) is 0 Å². The molecule has 0 aromatic heterocycles. The number of hydrogen-bond donors (Lipinski definition) is 2. The molecule has 37 heavy (non-hydrogen) atoms. The van der Waals surface area contributed by atoms with Gasteiger partial charge >= 0.3 is 0 Å². The number of amides is 2. The average molecular weight is 529 g/mol. The highest BCUT2D eigenvalue weighted by Gasteiger charge is 2.03. The van der Waals surface area contributed by atoms with E-state index in [4.69, 9.17) is 27.9 Å². The summed E-state index contributed by atoms with van der Waals surface area (Å²) in [4.78, 5) is 24.4. The summed E-state index contributed by atoms with van der Waals surface area (Å²) in [6.45, 7) is 0. The predicted molar refractivity (Wildman–Crippen MR) is 151 cm³/mol. The lowest BCUT2D eigenvalue weighted by Crippen LogP contribution is -2.07. The lowest BCUT2D eigenvalue weighted by molar-refractivity contribution is -0.112. The molecular formula is C30H22Cl2N2O3. The van der Waals surface area contributed by atoms with Crippen molar-refractivity contribution >= 4 is 58.5 Å². The maximum atomic E-state index is 12.2. The molecule has 4 rings (SSSR count). The van der Waals surface area contributed by atoms with E-state index in [-0.39, 0.29) is 11.8 Å². The van der Waals surface area contributed by atoms with E-state index in [0.717, 1.165) is 11.1 Å². The van der Waals surface area contributed by atoms with Gasteiger partial charge in [0.25, 0.3) is 0 Å². The van der Waals surface area contributed by atoms with Crippen molar-refractivity contribution < 1.29 is 14.3 Å². The second kappa shape index (κ2) is 12.6. The van der Waals surface area contributed by atoms with Crippen LogP contribution in [0.5, 0.6) is 11.5 Å². The van der Waals surface area contributed by atoms with Crippen LogP contribution in [0.25, 0.3) is 12.2 Å². The van der Waals surface area contributed by atoms with Gasteiger partial charge in [-0.05, 0) is 83.9 Å². The SMILES string of the molecule is O=C(C=Cc1ccccc1Cl)Nc1ccc(Oc2ccc(NC(=O)C=Cc3ccccc3Cl)cc2)cc1. The van der Waals surface area contributed by atoms with Crippen LogP contribution in [-0.2, 0) is 9.59 Å². The van der Waals surface area contributed by atoms with E-state index < -0.39 is 0 Å². The molecule has 0 radical (unpaired) electrons. The summed E-state index contributed by atoms with van der Waals surface area (Å²) in [5.41, 5.74) is 2.79. The molecule has 0 spiro atoms. The molecule has 0 heterocycles. The van der Waals surface area contributed by atoms with Crippen LogP contribution in [0.1, 0.15) is 11.1 Å². The van der Waals surface area contributed by atoms with Gasteiger partial charge in [-0.3, -0.25) is 9.59 Å². The number of halogens is 2. The third kappa shape index (κ3) is 7.84. The van der Waals surface area contributed by atoms with E-state index in [2.05, 4.69) is 10.6 Å². The van der Waals surface area contributed by atoms with Crippen molar-refractivity contribution in [2.24, 2.45) is 0 Å². The number of ether oxygens (including phenoxy) is 1. The molecule has 0 atom stereocenters. The van der Waals surface area contributed by atoms with Gasteiger partial charge in [-0.1, -0.05) is 59.6 Å². The van der Waals surface area contributed by atoms with Crippen molar-refractivity contribution in [3.8, 4) is 11.5 Å². The predicted octanol–water partition coefficient (Wildman–Crippen LogP) is 8.09. The van der Waals surface area contributed by atoms with Crippen LogP contribution in [0.4, 0.5) is 11.4 Å². The maximum absolute atomic E-state index is 12.2. The average Bonchev–Trinajstić information content (AvgIpc) is 2.90. The van der Waals surface area contributed by atoms with Crippen molar-refractivity contribution in [3.05, 3.63) is 130 Å². The highest BCUT2D eigenvalue weighted by atomic mass is 35.5. The quantitative estimate of drug-likeness (QED) is 0.227. The Bertz CT molecular complexity index is 1340. The molecule has 0 aliphatic rings. The number of rotatable bonds is 8. The fourth-order valence-electron chi connectivity index (χ4n) is 3.27. The largest absolute Gasteiger partial charge is 0.457 e. The Kier molecular flexibility index (Phi) is 8.76. The van der Waals surface area contributed by atoms with Gasteiger partial charge in [0.2, 0.25) is 11.8 Å². The number of benzene rings is 4. The minimum Gasteiger partial charge on any atom is -0.457 e. The van der Waals surface area contributed by atoms with Gasteiger partial charge in [0.1, 0.15) is 11.5 Å². The molecule has 0 aliphatic heterocycles. The van der Waals surface area contributed by atoms with Gasteiger partial charge < -0.3 is 15.4 Å². The van der Waals surface area contributed by atoms with Gasteiger partial charge in [0.15, 0.2) is 0 Å². The van der Waals surface area contributed by atoms with Crippen LogP contribution in [-0.4, -0.2) is 11.8 Å². The smallest absolute Gasteiger partial charge is 0.248 e. The van der Waals surface area contributed by atoms with E-state index >= 15 is 0 Å². The highest BCUT2D eigenvalue weighted by Crippen LogP contribution is 2.25. The first-order chi connectivity index (χ1) is 18.0. The molecule has 0 unspecified atom stereocenters. The van der Waals surface area contributed by atoms with Crippen molar-refractivity contribution in [1.82, 2.24) is 0 Å². The van der Waals surface area contributed by atoms with Crippen molar-refractivity contribution in [2.75, 3.05) is 10.6 Å². The second-order valence-electron chi connectivity index (χ2n) is 7.84. The Hall–Kier alpha value is -4.32. The summed E-state index contributed by atoms with van der Waals surface area (Å²) in [5.74, 6) is 0.661. The molecule has 0 aliphatic carbocycles. The highest BCUT2D eigenvalue weighted by molar-refractivity contribution is 6.32. The number of anilines is 2. The Morgan fingerprint density at radius 2 is 0.946 bits per heavy atom. The van der Waals surface area contributed by atoms with Crippen LogP contribution >= 0.6 is 23.2 Å². The van der Waals surface area contributed by atoms with Gasteiger partial charge in [-0.2, -0.15) is 0 Å². The van der Waals surface area contributed by atoms with E-state index in [0.29, 0.717) is 32.9 Å². The van der Waals surface area contributed by atoms with Gasteiger partial charge in [0.05, 0.1) is 0 Å². The van der Waals surface area contributed by atoms with Crippen LogP contribution < -0.4 is 15.4 Å². The monoisotopic (exact) mass is 528 g/mol. The Morgan fingerprint density at radius 3 is 1.32 bits per heavy atom. The molecule has 7 heteroatoms. The summed E-state index contributed by atoms with van der Waals surface area (Å²) in [6.07, 6.45) is 6.18. The first kappa shape index (κ1) is 25.8. The van der Waals surface area contributed by atoms with Gasteiger partial charge in [-0.15, -0.1) is 0 Å². The Labute approximate surface area is 225 Å². The number of carbonyl (C=O) groups excluding carboxylic acids is 2. The molecule has 4 aromatic rings. The lowest BCUT2D eigenvalue weighted by atomic mass is 10.2. The zero-order chi connectivity index (χ0) is 26.0. The summed E-state index contributed by atoms with van der Waals surface area (Å²) in [6, 6.07) is 28.6. The van der Waals surface area contributed by atoms with Crippen molar-refractivity contribution in [3.63, 3.8) is 0 Å².